The monoisotopic (exact) mass is 526 g/mol. The van der Waals surface area contributed by atoms with Crippen LogP contribution in [0.15, 0.2) is 41.3 Å². The van der Waals surface area contributed by atoms with Crippen molar-refractivity contribution in [1.29, 1.82) is 5.41 Å². The van der Waals surface area contributed by atoms with E-state index in [0.29, 0.717) is 23.5 Å². The molecule has 1 saturated heterocycles. The molecule has 4 N–H and O–H groups in total. The minimum Gasteiger partial charge on any atom is -0.384 e. The van der Waals surface area contributed by atoms with E-state index in [1.807, 2.05) is 45.9 Å². The van der Waals surface area contributed by atoms with E-state index in [1.165, 1.54) is 0 Å². The smallest absolute Gasteiger partial charge is 0.241 e. The van der Waals surface area contributed by atoms with Gasteiger partial charge in [-0.05, 0) is 65.3 Å². The number of sulfonamides is 1. The zero-order valence-electron chi connectivity index (χ0n) is 23.0. The first-order valence-corrected chi connectivity index (χ1v) is 14.7. The molecule has 0 radical (unpaired) electrons. The van der Waals surface area contributed by atoms with Crippen LogP contribution in [0.2, 0.25) is 0 Å². The average molecular weight is 527 g/mol. The molecule has 0 bridgehead atoms. The second-order valence-corrected chi connectivity index (χ2v) is 12.7. The first-order valence-electron chi connectivity index (χ1n) is 13.2. The Bertz CT molecular complexity index is 1220. The number of hydrogen-bond acceptors (Lipinski definition) is 4. The lowest BCUT2D eigenvalue weighted by atomic mass is 9.89. The lowest BCUT2D eigenvalue weighted by Crippen LogP contribution is -2.49. The Morgan fingerprint density at radius 2 is 1.54 bits per heavy atom. The van der Waals surface area contributed by atoms with Crippen molar-refractivity contribution >= 4 is 21.8 Å². The number of nitrogen functional groups attached to an aromatic ring is 1. The van der Waals surface area contributed by atoms with Gasteiger partial charge in [-0.25, -0.2) is 8.42 Å². The normalized spacial score (nSPS) is 15.1. The fourth-order valence-electron chi connectivity index (χ4n) is 4.88. The SMILES string of the molecule is CC(C)c1cc(C(C)C)c(S(=O)(=O)NC(Cc2cccc(C(=N)N)c2)C(=O)N2CCCC2)c(C(C)C)c1. The van der Waals surface area contributed by atoms with Crippen LogP contribution in [0, 0.1) is 5.41 Å². The Hall–Kier alpha value is -2.71. The number of carbonyl (C=O) groups excluding carboxylic acids is 1. The summed E-state index contributed by atoms with van der Waals surface area (Å²) in [5.41, 5.74) is 9.61. The predicted molar refractivity (Wildman–Crippen MR) is 150 cm³/mol. The minimum atomic E-state index is -4.04. The van der Waals surface area contributed by atoms with Gasteiger partial charge in [0.25, 0.3) is 0 Å². The molecule has 1 aliphatic heterocycles. The van der Waals surface area contributed by atoms with Crippen molar-refractivity contribution in [1.82, 2.24) is 9.62 Å². The highest BCUT2D eigenvalue weighted by molar-refractivity contribution is 7.89. The van der Waals surface area contributed by atoms with Gasteiger partial charge in [0, 0.05) is 18.7 Å². The van der Waals surface area contributed by atoms with Crippen molar-refractivity contribution in [2.24, 2.45) is 5.73 Å². The van der Waals surface area contributed by atoms with Gasteiger partial charge in [0.15, 0.2) is 0 Å². The van der Waals surface area contributed by atoms with Crippen LogP contribution in [0.25, 0.3) is 0 Å². The highest BCUT2D eigenvalue weighted by Crippen LogP contribution is 2.35. The van der Waals surface area contributed by atoms with E-state index in [-0.39, 0.29) is 35.9 Å². The van der Waals surface area contributed by atoms with Gasteiger partial charge < -0.3 is 10.6 Å². The molecule has 8 heteroatoms. The summed E-state index contributed by atoms with van der Waals surface area (Å²) in [5, 5.41) is 7.76. The van der Waals surface area contributed by atoms with Crippen molar-refractivity contribution in [3.8, 4) is 0 Å². The fourth-order valence-corrected chi connectivity index (χ4v) is 6.77. The van der Waals surface area contributed by atoms with Crippen LogP contribution in [-0.4, -0.2) is 44.2 Å². The third-order valence-electron chi connectivity index (χ3n) is 7.04. The number of nitrogens with one attached hydrogen (secondary N) is 2. The summed E-state index contributed by atoms with van der Waals surface area (Å²) in [7, 11) is -4.04. The van der Waals surface area contributed by atoms with Crippen LogP contribution < -0.4 is 10.5 Å². The van der Waals surface area contributed by atoms with Crippen LogP contribution in [0.3, 0.4) is 0 Å². The zero-order valence-corrected chi connectivity index (χ0v) is 23.8. The van der Waals surface area contributed by atoms with E-state index in [2.05, 4.69) is 18.6 Å². The van der Waals surface area contributed by atoms with Crippen LogP contribution >= 0.6 is 0 Å². The molecule has 2 aromatic carbocycles. The molecule has 1 unspecified atom stereocenters. The Morgan fingerprint density at radius 1 is 0.973 bits per heavy atom. The second-order valence-electron chi connectivity index (χ2n) is 11.0. The average Bonchev–Trinajstić information content (AvgIpc) is 3.37. The van der Waals surface area contributed by atoms with Gasteiger partial charge in [-0.1, -0.05) is 71.9 Å². The van der Waals surface area contributed by atoms with Crippen LogP contribution in [0.4, 0.5) is 0 Å². The van der Waals surface area contributed by atoms with Gasteiger partial charge in [-0.15, -0.1) is 0 Å². The standard InChI is InChI=1S/C29H42N4O3S/c1-18(2)23-16-24(19(3)4)27(25(17-23)20(5)6)37(35,36)32-26(29(34)33-12-7-8-13-33)15-21-10-9-11-22(14-21)28(30)31/h9-11,14,16-20,26,32H,7-8,12-13,15H2,1-6H3,(H3,30,31). The molecule has 0 aromatic heterocycles. The van der Waals surface area contributed by atoms with E-state index >= 15 is 0 Å². The fraction of sp³-hybridized carbons (Fsp3) is 0.517. The lowest BCUT2D eigenvalue weighted by Gasteiger charge is -2.27. The highest BCUT2D eigenvalue weighted by atomic mass is 32.2. The summed E-state index contributed by atoms with van der Waals surface area (Å²) >= 11 is 0. The number of hydrogen-bond donors (Lipinski definition) is 3. The van der Waals surface area contributed by atoms with E-state index in [1.54, 1.807) is 23.1 Å². The topological polar surface area (TPSA) is 116 Å². The maximum absolute atomic E-state index is 14.1. The van der Waals surface area contributed by atoms with Crippen molar-refractivity contribution < 1.29 is 13.2 Å². The molecule has 0 aliphatic carbocycles. The molecule has 1 fully saturated rings. The molecular formula is C29H42N4O3S. The van der Waals surface area contributed by atoms with Crippen molar-refractivity contribution in [3.63, 3.8) is 0 Å². The molecule has 37 heavy (non-hydrogen) atoms. The maximum atomic E-state index is 14.1. The first kappa shape index (κ1) is 28.9. The number of amides is 1. The van der Waals surface area contributed by atoms with E-state index in [4.69, 9.17) is 11.1 Å². The summed E-state index contributed by atoms with van der Waals surface area (Å²) in [6.45, 7) is 13.5. The summed E-state index contributed by atoms with van der Waals surface area (Å²) in [4.78, 5) is 15.6. The number of benzene rings is 2. The number of amidine groups is 1. The molecule has 202 valence electrons. The molecule has 1 amide bonds. The zero-order chi connectivity index (χ0) is 27.5. The summed E-state index contributed by atoms with van der Waals surface area (Å²) < 4.78 is 31.1. The van der Waals surface area contributed by atoms with Crippen LogP contribution in [0.1, 0.15) is 100.0 Å². The predicted octanol–water partition coefficient (Wildman–Crippen LogP) is 4.85. The number of rotatable bonds is 10. The number of nitrogens with two attached hydrogens (primary N) is 1. The lowest BCUT2D eigenvalue weighted by molar-refractivity contribution is -0.131. The van der Waals surface area contributed by atoms with E-state index in [0.717, 1.165) is 35.1 Å². The summed E-state index contributed by atoms with van der Waals surface area (Å²) in [6, 6.07) is 10.1. The van der Waals surface area contributed by atoms with Crippen molar-refractivity contribution in [2.75, 3.05) is 13.1 Å². The highest BCUT2D eigenvalue weighted by Gasteiger charge is 2.34. The number of carbonyl (C=O) groups is 1. The Kier molecular flexibility index (Phi) is 9.18. The molecule has 3 rings (SSSR count). The summed E-state index contributed by atoms with van der Waals surface area (Å²) in [5.74, 6) is -0.0492. The molecule has 1 heterocycles. The van der Waals surface area contributed by atoms with E-state index < -0.39 is 16.1 Å². The Labute approximate surface area is 222 Å². The molecule has 7 nitrogen and oxygen atoms in total. The van der Waals surface area contributed by atoms with Crippen LogP contribution in [-0.2, 0) is 21.2 Å². The van der Waals surface area contributed by atoms with Crippen molar-refractivity contribution in [2.45, 2.75) is 89.5 Å². The number of nitrogens with zero attached hydrogens (tertiary/aromatic N) is 1. The molecule has 0 saturated carbocycles. The second kappa shape index (κ2) is 11.8. The molecule has 1 atom stereocenters. The maximum Gasteiger partial charge on any atom is 0.241 e. The largest absolute Gasteiger partial charge is 0.384 e. The molecular weight excluding hydrogens is 484 g/mol. The van der Waals surface area contributed by atoms with Gasteiger partial charge in [-0.3, -0.25) is 10.2 Å². The van der Waals surface area contributed by atoms with Gasteiger partial charge >= 0.3 is 0 Å². The Morgan fingerprint density at radius 3 is 2.03 bits per heavy atom. The summed E-state index contributed by atoms with van der Waals surface area (Å²) in [6.07, 6.45) is 2.00. The van der Waals surface area contributed by atoms with Gasteiger partial charge in [-0.2, -0.15) is 4.72 Å². The molecule has 1 aliphatic rings. The van der Waals surface area contributed by atoms with Crippen LogP contribution in [0.5, 0.6) is 0 Å². The molecule has 0 spiro atoms. The van der Waals surface area contributed by atoms with Gasteiger partial charge in [0.2, 0.25) is 15.9 Å². The molecule has 2 aromatic rings. The van der Waals surface area contributed by atoms with Gasteiger partial charge in [0.05, 0.1) is 4.90 Å². The van der Waals surface area contributed by atoms with Gasteiger partial charge in [0.1, 0.15) is 11.9 Å². The third kappa shape index (κ3) is 6.79. The quantitative estimate of drug-likeness (QED) is 0.303. The first-order chi connectivity index (χ1) is 17.3. The van der Waals surface area contributed by atoms with E-state index in [9.17, 15) is 13.2 Å². The number of likely N-dealkylation sites (tertiary alicyclic amines) is 1. The minimum absolute atomic E-state index is 0.0113. The van der Waals surface area contributed by atoms with Crippen molar-refractivity contribution in [3.05, 3.63) is 64.2 Å². The third-order valence-corrected chi connectivity index (χ3v) is 8.64. The Balaban J connectivity index is 2.09.